The van der Waals surface area contributed by atoms with Gasteiger partial charge in [0.1, 0.15) is 11.4 Å². The number of methoxy groups -OCH3 is 1. The first-order valence-electron chi connectivity index (χ1n) is 6.19. The molecule has 3 aromatic rings. The van der Waals surface area contributed by atoms with E-state index in [9.17, 15) is 9.90 Å². The summed E-state index contributed by atoms with van der Waals surface area (Å²) in [6.45, 7) is 0. The minimum atomic E-state index is -0.955. The third kappa shape index (κ3) is 1.91. The number of aromatic nitrogens is 1. The van der Waals surface area contributed by atoms with Crippen LogP contribution in [0.2, 0.25) is 0 Å². The molecule has 0 atom stereocenters. The van der Waals surface area contributed by atoms with E-state index in [4.69, 9.17) is 4.74 Å². The first kappa shape index (κ1) is 12.3. The maximum Gasteiger partial charge on any atom is 0.352 e. The molecule has 20 heavy (non-hydrogen) atoms. The van der Waals surface area contributed by atoms with Gasteiger partial charge >= 0.3 is 5.97 Å². The Labute approximate surface area is 115 Å². The molecule has 0 spiro atoms. The molecule has 0 aliphatic heterocycles. The molecular formula is C16H13NO3. The Hall–Kier alpha value is -2.75. The Morgan fingerprint density at radius 2 is 1.85 bits per heavy atom. The zero-order valence-electron chi connectivity index (χ0n) is 10.9. The van der Waals surface area contributed by atoms with E-state index >= 15 is 0 Å². The first-order valence-corrected chi connectivity index (χ1v) is 6.19. The van der Waals surface area contributed by atoms with Gasteiger partial charge in [0, 0.05) is 17.1 Å². The molecule has 1 N–H and O–H groups in total. The molecule has 3 rings (SSSR count). The Morgan fingerprint density at radius 3 is 2.50 bits per heavy atom. The van der Waals surface area contributed by atoms with Gasteiger partial charge in [-0.2, -0.15) is 0 Å². The number of benzene rings is 2. The summed E-state index contributed by atoms with van der Waals surface area (Å²) in [5.74, 6) is -0.256. The van der Waals surface area contributed by atoms with Crippen LogP contribution < -0.4 is 4.74 Å². The second-order valence-electron chi connectivity index (χ2n) is 4.43. The number of nitrogens with zero attached hydrogens (tertiary/aromatic N) is 1. The second-order valence-corrected chi connectivity index (χ2v) is 4.43. The summed E-state index contributed by atoms with van der Waals surface area (Å²) in [5.41, 5.74) is 1.86. The van der Waals surface area contributed by atoms with Crippen LogP contribution in [0.1, 0.15) is 10.5 Å². The third-order valence-corrected chi connectivity index (χ3v) is 3.25. The maximum atomic E-state index is 11.5. The molecule has 4 heteroatoms. The lowest BCUT2D eigenvalue weighted by atomic mass is 10.2. The monoisotopic (exact) mass is 267 g/mol. The number of ether oxygens (including phenoxy) is 1. The lowest BCUT2D eigenvalue weighted by molar-refractivity contribution is 0.0688. The van der Waals surface area contributed by atoms with E-state index in [0.717, 1.165) is 16.6 Å². The van der Waals surface area contributed by atoms with Gasteiger partial charge in [-0.15, -0.1) is 0 Å². The van der Waals surface area contributed by atoms with Gasteiger partial charge in [0.25, 0.3) is 0 Å². The number of hydrogen-bond donors (Lipinski definition) is 1. The molecule has 0 saturated heterocycles. The van der Waals surface area contributed by atoms with E-state index in [0.29, 0.717) is 5.75 Å². The third-order valence-electron chi connectivity index (χ3n) is 3.25. The molecule has 100 valence electrons. The number of hydrogen-bond acceptors (Lipinski definition) is 2. The summed E-state index contributed by atoms with van der Waals surface area (Å²) >= 11 is 0. The van der Waals surface area contributed by atoms with Crippen molar-refractivity contribution in [3.05, 3.63) is 60.3 Å². The summed E-state index contributed by atoms with van der Waals surface area (Å²) < 4.78 is 6.94. The van der Waals surface area contributed by atoms with Crippen LogP contribution in [0.3, 0.4) is 0 Å². The zero-order valence-corrected chi connectivity index (χ0v) is 10.9. The van der Waals surface area contributed by atoms with E-state index in [-0.39, 0.29) is 5.69 Å². The molecule has 2 aromatic carbocycles. The van der Waals surface area contributed by atoms with Crippen molar-refractivity contribution in [1.82, 2.24) is 4.57 Å². The minimum Gasteiger partial charge on any atom is -0.497 e. The van der Waals surface area contributed by atoms with E-state index in [1.807, 2.05) is 48.5 Å². The quantitative estimate of drug-likeness (QED) is 0.791. The van der Waals surface area contributed by atoms with E-state index in [1.165, 1.54) is 0 Å². The zero-order chi connectivity index (χ0) is 14.1. The van der Waals surface area contributed by atoms with Crippen molar-refractivity contribution in [2.75, 3.05) is 7.11 Å². The highest BCUT2D eigenvalue weighted by Crippen LogP contribution is 2.27. The molecule has 0 bridgehead atoms. The van der Waals surface area contributed by atoms with Gasteiger partial charge in [0.05, 0.1) is 12.6 Å². The van der Waals surface area contributed by atoms with E-state index in [1.54, 1.807) is 17.7 Å². The lowest BCUT2D eigenvalue weighted by Crippen LogP contribution is -2.06. The molecule has 0 unspecified atom stereocenters. The molecule has 1 heterocycles. The number of carboxylic acid groups (broad SMARTS) is 1. The van der Waals surface area contributed by atoms with E-state index < -0.39 is 5.97 Å². The summed E-state index contributed by atoms with van der Waals surface area (Å²) in [6, 6.07) is 16.6. The average molecular weight is 267 g/mol. The molecule has 0 amide bonds. The molecule has 4 nitrogen and oxygen atoms in total. The summed E-state index contributed by atoms with van der Waals surface area (Å²) in [6.07, 6.45) is 0. The number of rotatable bonds is 3. The van der Waals surface area contributed by atoms with Crippen LogP contribution in [-0.2, 0) is 0 Å². The Balaban J connectivity index is 2.36. The van der Waals surface area contributed by atoms with Crippen LogP contribution in [-0.4, -0.2) is 22.8 Å². The van der Waals surface area contributed by atoms with Crippen LogP contribution in [0.5, 0.6) is 5.75 Å². The van der Waals surface area contributed by atoms with Gasteiger partial charge in [0.2, 0.25) is 0 Å². The SMILES string of the molecule is COc1ccc2cc(C(=O)O)n(-c3ccccc3)c2c1. The molecule has 1 aromatic heterocycles. The standard InChI is InChI=1S/C16H13NO3/c1-20-13-8-7-11-9-15(16(18)19)17(14(11)10-13)12-5-3-2-4-6-12/h2-10H,1H3,(H,18,19). The summed E-state index contributed by atoms with van der Waals surface area (Å²) in [7, 11) is 1.59. The van der Waals surface area contributed by atoms with Crippen molar-refractivity contribution in [2.24, 2.45) is 0 Å². The summed E-state index contributed by atoms with van der Waals surface area (Å²) in [5, 5.41) is 10.3. The normalized spacial score (nSPS) is 10.7. The van der Waals surface area contributed by atoms with Crippen LogP contribution in [0.25, 0.3) is 16.6 Å². The van der Waals surface area contributed by atoms with Crippen molar-refractivity contribution in [3.8, 4) is 11.4 Å². The number of para-hydroxylation sites is 1. The highest BCUT2D eigenvalue weighted by atomic mass is 16.5. The molecule has 0 fully saturated rings. The van der Waals surface area contributed by atoms with Gasteiger partial charge in [-0.1, -0.05) is 18.2 Å². The van der Waals surface area contributed by atoms with Gasteiger partial charge in [-0.25, -0.2) is 4.79 Å². The largest absolute Gasteiger partial charge is 0.497 e. The van der Waals surface area contributed by atoms with Crippen LogP contribution in [0.15, 0.2) is 54.6 Å². The molecule has 0 saturated carbocycles. The van der Waals surface area contributed by atoms with Gasteiger partial charge < -0.3 is 14.4 Å². The van der Waals surface area contributed by atoms with Gasteiger partial charge in [-0.05, 0) is 30.3 Å². The second kappa shape index (κ2) is 4.74. The smallest absolute Gasteiger partial charge is 0.352 e. The lowest BCUT2D eigenvalue weighted by Gasteiger charge is -2.09. The summed E-state index contributed by atoms with van der Waals surface area (Å²) in [4.78, 5) is 11.5. The van der Waals surface area contributed by atoms with Crippen LogP contribution >= 0.6 is 0 Å². The Bertz CT molecular complexity index is 775. The molecule has 0 radical (unpaired) electrons. The number of fused-ring (bicyclic) bond motifs is 1. The predicted octanol–water partition coefficient (Wildman–Crippen LogP) is 3.34. The number of carbonyl (C=O) groups is 1. The maximum absolute atomic E-state index is 11.5. The van der Waals surface area contributed by atoms with Crippen molar-refractivity contribution in [2.45, 2.75) is 0 Å². The molecule has 0 aliphatic carbocycles. The molecule has 0 aliphatic rings. The molecular weight excluding hydrogens is 254 g/mol. The fourth-order valence-electron chi connectivity index (χ4n) is 2.32. The topological polar surface area (TPSA) is 51.5 Å². The highest BCUT2D eigenvalue weighted by Gasteiger charge is 2.16. The van der Waals surface area contributed by atoms with Crippen molar-refractivity contribution in [1.29, 1.82) is 0 Å². The fourth-order valence-corrected chi connectivity index (χ4v) is 2.32. The van der Waals surface area contributed by atoms with Crippen LogP contribution in [0.4, 0.5) is 0 Å². The van der Waals surface area contributed by atoms with Crippen molar-refractivity contribution >= 4 is 16.9 Å². The van der Waals surface area contributed by atoms with Crippen molar-refractivity contribution < 1.29 is 14.6 Å². The number of aromatic carboxylic acids is 1. The Kier molecular flexibility index (Phi) is 2.91. The van der Waals surface area contributed by atoms with Gasteiger partial charge in [0.15, 0.2) is 0 Å². The van der Waals surface area contributed by atoms with Crippen molar-refractivity contribution in [3.63, 3.8) is 0 Å². The first-order chi connectivity index (χ1) is 9.70. The predicted molar refractivity (Wildman–Crippen MR) is 76.8 cm³/mol. The number of carboxylic acids is 1. The van der Waals surface area contributed by atoms with Crippen LogP contribution in [0, 0.1) is 0 Å². The van der Waals surface area contributed by atoms with Gasteiger partial charge in [-0.3, -0.25) is 0 Å². The van der Waals surface area contributed by atoms with E-state index in [2.05, 4.69) is 0 Å². The average Bonchev–Trinajstić information content (AvgIpc) is 2.86. The highest BCUT2D eigenvalue weighted by molar-refractivity contribution is 5.96. The Morgan fingerprint density at radius 1 is 1.10 bits per heavy atom. The fraction of sp³-hybridized carbons (Fsp3) is 0.0625. The minimum absolute atomic E-state index is 0.236.